The molecular weight excluding hydrogens is 478 g/mol. The van der Waals surface area contributed by atoms with Crippen LogP contribution in [0.25, 0.3) is 5.76 Å². The third kappa shape index (κ3) is 4.44. The zero-order valence-corrected chi connectivity index (χ0v) is 21.6. The molecule has 1 amide bonds. The van der Waals surface area contributed by atoms with Crippen molar-refractivity contribution in [3.8, 4) is 11.5 Å². The maximum absolute atomic E-state index is 13.4. The molecule has 6 nitrogen and oxygen atoms in total. The fourth-order valence-electron chi connectivity index (χ4n) is 4.55. The Balaban J connectivity index is 1.95. The molecule has 1 saturated heterocycles. The fraction of sp³-hybridized carbons (Fsp3) is 0.241. The molecule has 4 rings (SSSR count). The van der Waals surface area contributed by atoms with Crippen molar-refractivity contribution in [1.29, 1.82) is 0 Å². The number of benzene rings is 3. The Labute approximate surface area is 215 Å². The van der Waals surface area contributed by atoms with Crippen LogP contribution in [0, 0.1) is 6.92 Å². The van der Waals surface area contributed by atoms with Crippen molar-refractivity contribution >= 4 is 34.7 Å². The molecule has 186 valence electrons. The predicted molar refractivity (Wildman–Crippen MR) is 141 cm³/mol. The van der Waals surface area contributed by atoms with Crippen LogP contribution in [-0.4, -0.2) is 31.0 Å². The minimum absolute atomic E-state index is 0.0115. The predicted octanol–water partition coefficient (Wildman–Crippen LogP) is 6.42. The molecule has 1 fully saturated rings. The van der Waals surface area contributed by atoms with Gasteiger partial charge in [-0.1, -0.05) is 55.3 Å². The van der Waals surface area contributed by atoms with E-state index >= 15 is 0 Å². The Kier molecular flexibility index (Phi) is 7.09. The number of aliphatic hydroxyl groups is 1. The van der Waals surface area contributed by atoms with Crippen molar-refractivity contribution in [1.82, 2.24) is 0 Å². The molecule has 7 heteroatoms. The van der Waals surface area contributed by atoms with Gasteiger partial charge in [0.15, 0.2) is 0 Å². The molecule has 3 aromatic rings. The number of halogens is 1. The van der Waals surface area contributed by atoms with Crippen molar-refractivity contribution < 1.29 is 24.2 Å². The maximum atomic E-state index is 13.4. The van der Waals surface area contributed by atoms with Crippen molar-refractivity contribution in [2.45, 2.75) is 32.7 Å². The van der Waals surface area contributed by atoms with Gasteiger partial charge in [0.2, 0.25) is 0 Å². The standard InChI is InChI=1S/C29H28ClNO5/c1-16(2)21-14-19(9-11-23(21)35-4)27(32)25-26(18-8-6-7-17(3)13-18)31(29(34)28(25)33)20-10-12-24(36-5)22(30)15-20/h6-16,26,32H,1-5H3/b27-25-. The lowest BCUT2D eigenvalue weighted by Gasteiger charge is -2.26. The summed E-state index contributed by atoms with van der Waals surface area (Å²) in [5, 5.41) is 11.8. The van der Waals surface area contributed by atoms with E-state index in [4.69, 9.17) is 21.1 Å². The number of carbonyl (C=O) groups is 2. The van der Waals surface area contributed by atoms with Crippen LogP contribution in [0.15, 0.2) is 66.2 Å². The molecule has 1 atom stereocenters. The Morgan fingerprint density at radius 2 is 1.67 bits per heavy atom. The average Bonchev–Trinajstić information content (AvgIpc) is 3.13. The second-order valence-corrected chi connectivity index (χ2v) is 9.42. The van der Waals surface area contributed by atoms with Gasteiger partial charge >= 0.3 is 0 Å². The number of carbonyl (C=O) groups excluding carboxylic acids is 2. The fourth-order valence-corrected chi connectivity index (χ4v) is 4.80. The van der Waals surface area contributed by atoms with Gasteiger partial charge in [0, 0.05) is 11.3 Å². The van der Waals surface area contributed by atoms with Gasteiger partial charge in [0.05, 0.1) is 30.9 Å². The lowest BCUT2D eigenvalue weighted by Crippen LogP contribution is -2.29. The van der Waals surface area contributed by atoms with Crippen LogP contribution in [0.4, 0.5) is 5.69 Å². The minimum Gasteiger partial charge on any atom is -0.507 e. The normalized spacial score (nSPS) is 17.1. The molecular formula is C29H28ClNO5. The van der Waals surface area contributed by atoms with Crippen LogP contribution in [0.1, 0.15) is 48.1 Å². The second-order valence-electron chi connectivity index (χ2n) is 9.01. The summed E-state index contributed by atoms with van der Waals surface area (Å²) >= 11 is 6.36. The van der Waals surface area contributed by atoms with Gasteiger partial charge in [-0.2, -0.15) is 0 Å². The van der Waals surface area contributed by atoms with Crippen LogP contribution in [0.5, 0.6) is 11.5 Å². The average molecular weight is 506 g/mol. The van der Waals surface area contributed by atoms with Gasteiger partial charge in [0.25, 0.3) is 11.7 Å². The summed E-state index contributed by atoms with van der Waals surface area (Å²) in [5.74, 6) is -0.515. The quantitative estimate of drug-likeness (QED) is 0.238. The Bertz CT molecular complexity index is 1380. The summed E-state index contributed by atoms with van der Waals surface area (Å²) < 4.78 is 10.7. The number of Topliss-reactive ketones (excluding diaryl/α,β-unsaturated/α-hetero) is 1. The molecule has 36 heavy (non-hydrogen) atoms. The van der Waals surface area contributed by atoms with E-state index in [1.807, 2.05) is 45.0 Å². The van der Waals surface area contributed by atoms with Crippen LogP contribution < -0.4 is 14.4 Å². The summed E-state index contributed by atoms with van der Waals surface area (Å²) in [7, 11) is 3.09. The first-order valence-electron chi connectivity index (χ1n) is 11.6. The van der Waals surface area contributed by atoms with Crippen LogP contribution >= 0.6 is 11.6 Å². The summed E-state index contributed by atoms with van der Waals surface area (Å²) in [5.41, 5.74) is 3.40. The maximum Gasteiger partial charge on any atom is 0.300 e. The highest BCUT2D eigenvalue weighted by atomic mass is 35.5. The van der Waals surface area contributed by atoms with Gasteiger partial charge < -0.3 is 14.6 Å². The number of nitrogens with zero attached hydrogens (tertiary/aromatic N) is 1. The van der Waals surface area contributed by atoms with Gasteiger partial charge in [-0.05, 0) is 60.4 Å². The molecule has 1 aliphatic heterocycles. The number of aryl methyl sites for hydroxylation is 1. The molecule has 1 aliphatic rings. The molecule has 1 unspecified atom stereocenters. The van der Waals surface area contributed by atoms with E-state index < -0.39 is 17.7 Å². The highest BCUT2D eigenvalue weighted by Crippen LogP contribution is 2.44. The van der Waals surface area contributed by atoms with Gasteiger partial charge in [-0.25, -0.2) is 0 Å². The zero-order chi connectivity index (χ0) is 26.1. The Morgan fingerprint density at radius 3 is 2.28 bits per heavy atom. The molecule has 0 spiro atoms. The highest BCUT2D eigenvalue weighted by Gasteiger charge is 2.47. The smallest absolute Gasteiger partial charge is 0.300 e. The Morgan fingerprint density at radius 1 is 0.972 bits per heavy atom. The largest absolute Gasteiger partial charge is 0.507 e. The van der Waals surface area contributed by atoms with Crippen LogP contribution in [-0.2, 0) is 9.59 Å². The number of rotatable bonds is 6. The van der Waals surface area contributed by atoms with Gasteiger partial charge in [-0.3, -0.25) is 14.5 Å². The third-order valence-corrected chi connectivity index (χ3v) is 6.64. The summed E-state index contributed by atoms with van der Waals surface area (Å²) in [6.45, 7) is 5.96. The van der Waals surface area contributed by atoms with Gasteiger partial charge in [-0.15, -0.1) is 0 Å². The number of ether oxygens (including phenoxy) is 2. The van der Waals surface area contributed by atoms with E-state index in [1.165, 1.54) is 12.0 Å². The second kappa shape index (κ2) is 10.1. The number of anilines is 1. The molecule has 1 N–H and O–H groups in total. The molecule has 0 aliphatic carbocycles. The number of ketones is 1. The number of hydrogen-bond acceptors (Lipinski definition) is 5. The van der Waals surface area contributed by atoms with E-state index in [9.17, 15) is 14.7 Å². The van der Waals surface area contributed by atoms with Crippen LogP contribution in [0.2, 0.25) is 5.02 Å². The molecule has 0 radical (unpaired) electrons. The van der Waals surface area contributed by atoms with Crippen LogP contribution in [0.3, 0.4) is 0 Å². The molecule has 0 bridgehead atoms. The van der Waals surface area contributed by atoms with E-state index in [1.54, 1.807) is 43.5 Å². The topological polar surface area (TPSA) is 76.1 Å². The first kappa shape index (κ1) is 25.3. The third-order valence-electron chi connectivity index (χ3n) is 6.34. The number of aliphatic hydroxyl groups excluding tert-OH is 1. The van der Waals surface area contributed by atoms with Crippen molar-refractivity contribution in [3.63, 3.8) is 0 Å². The van der Waals surface area contributed by atoms with E-state index in [0.717, 1.165) is 11.1 Å². The summed E-state index contributed by atoms with van der Waals surface area (Å²) in [6, 6.07) is 16.8. The summed E-state index contributed by atoms with van der Waals surface area (Å²) in [6.07, 6.45) is 0. The minimum atomic E-state index is -0.848. The van der Waals surface area contributed by atoms with Gasteiger partial charge in [0.1, 0.15) is 17.3 Å². The first-order valence-corrected chi connectivity index (χ1v) is 11.9. The number of methoxy groups -OCH3 is 2. The lowest BCUT2D eigenvalue weighted by molar-refractivity contribution is -0.132. The monoisotopic (exact) mass is 505 g/mol. The van der Waals surface area contributed by atoms with E-state index in [2.05, 4.69) is 0 Å². The van der Waals surface area contributed by atoms with E-state index in [0.29, 0.717) is 33.3 Å². The Hall–Kier alpha value is -3.77. The number of amides is 1. The molecule has 3 aromatic carbocycles. The molecule has 0 saturated carbocycles. The van der Waals surface area contributed by atoms with Crippen molar-refractivity contribution in [2.75, 3.05) is 19.1 Å². The first-order chi connectivity index (χ1) is 17.2. The van der Waals surface area contributed by atoms with Crippen molar-refractivity contribution in [3.05, 3.63) is 93.5 Å². The molecule has 1 heterocycles. The van der Waals surface area contributed by atoms with Crippen molar-refractivity contribution in [2.24, 2.45) is 0 Å². The van der Waals surface area contributed by atoms with E-state index in [-0.39, 0.29) is 17.3 Å². The lowest BCUT2D eigenvalue weighted by atomic mass is 9.92. The number of hydrogen-bond donors (Lipinski definition) is 1. The zero-order valence-electron chi connectivity index (χ0n) is 20.8. The summed E-state index contributed by atoms with van der Waals surface area (Å²) in [4.78, 5) is 28.2. The SMILES string of the molecule is COc1ccc(N2C(=O)C(=O)/C(=C(\O)c3ccc(OC)c(C(C)C)c3)C2c2cccc(C)c2)cc1Cl. The molecule has 0 aromatic heterocycles. The highest BCUT2D eigenvalue weighted by molar-refractivity contribution is 6.51.